The molecule has 0 aliphatic rings. The molecule has 0 aliphatic heterocycles. The normalized spacial score (nSPS) is 10.1. The Kier molecular flexibility index (Phi) is 2.59. The highest BCUT2D eigenvalue weighted by molar-refractivity contribution is 5.85. The lowest BCUT2D eigenvalue weighted by atomic mass is 10.2. The molecule has 0 fully saturated rings. The molecule has 1 N–H and O–H groups in total. The molecule has 2 aromatic rings. The number of hydrogen-bond donors (Lipinski definition) is 1. The van der Waals surface area contributed by atoms with Gasteiger partial charge in [0.2, 0.25) is 0 Å². The Morgan fingerprint density at radius 2 is 1.88 bits per heavy atom. The Morgan fingerprint density at radius 3 is 2.50 bits per heavy atom. The van der Waals surface area contributed by atoms with Gasteiger partial charge in [-0.25, -0.2) is 19.2 Å². The molecule has 0 amide bonds. The van der Waals surface area contributed by atoms with Gasteiger partial charge in [-0.15, -0.1) is 0 Å². The van der Waals surface area contributed by atoms with Crippen LogP contribution in [0.25, 0.3) is 11.4 Å². The van der Waals surface area contributed by atoms with Crippen molar-refractivity contribution < 1.29 is 14.3 Å². The number of halogens is 1. The van der Waals surface area contributed by atoms with E-state index in [1.165, 1.54) is 36.5 Å². The maximum atomic E-state index is 12.7. The molecule has 0 bridgehead atoms. The zero-order valence-electron chi connectivity index (χ0n) is 8.09. The van der Waals surface area contributed by atoms with Gasteiger partial charge in [-0.3, -0.25) is 0 Å². The van der Waals surface area contributed by atoms with Crippen molar-refractivity contribution >= 4 is 5.97 Å². The van der Waals surface area contributed by atoms with Crippen LogP contribution >= 0.6 is 0 Å². The van der Waals surface area contributed by atoms with Crippen LogP contribution in [0.4, 0.5) is 4.39 Å². The monoisotopic (exact) mass is 218 g/mol. The average Bonchev–Trinajstić information content (AvgIpc) is 2.30. The molecule has 0 unspecified atom stereocenters. The molecule has 1 aromatic carbocycles. The summed E-state index contributed by atoms with van der Waals surface area (Å²) in [5, 5.41) is 8.75. The third kappa shape index (κ3) is 2.03. The molecule has 4 nitrogen and oxygen atoms in total. The lowest BCUT2D eigenvalue weighted by molar-refractivity contribution is 0.0690. The van der Waals surface area contributed by atoms with E-state index in [2.05, 4.69) is 9.97 Å². The number of nitrogens with zero attached hydrogens (tertiary/aromatic N) is 2. The van der Waals surface area contributed by atoms with Crippen molar-refractivity contribution in [2.45, 2.75) is 0 Å². The van der Waals surface area contributed by atoms with Crippen molar-refractivity contribution in [3.8, 4) is 11.4 Å². The number of benzene rings is 1. The molecular formula is C11H7FN2O2. The molecule has 0 atom stereocenters. The van der Waals surface area contributed by atoms with Crippen molar-refractivity contribution in [2.24, 2.45) is 0 Å². The maximum absolute atomic E-state index is 12.7. The lowest BCUT2D eigenvalue weighted by Crippen LogP contribution is -2.02. The third-order valence-electron chi connectivity index (χ3n) is 1.98. The van der Waals surface area contributed by atoms with E-state index >= 15 is 0 Å². The summed E-state index contributed by atoms with van der Waals surface area (Å²) in [5.74, 6) is -1.22. The number of carbonyl (C=O) groups is 1. The van der Waals surface area contributed by atoms with Gasteiger partial charge in [0.15, 0.2) is 11.5 Å². The molecule has 2 rings (SSSR count). The SMILES string of the molecule is O=C(O)c1ccnc(-c2ccc(F)cc2)n1. The van der Waals surface area contributed by atoms with Gasteiger partial charge in [0, 0.05) is 11.8 Å². The van der Waals surface area contributed by atoms with Gasteiger partial charge in [0.25, 0.3) is 0 Å². The van der Waals surface area contributed by atoms with E-state index in [0.29, 0.717) is 5.56 Å². The van der Waals surface area contributed by atoms with E-state index in [-0.39, 0.29) is 17.3 Å². The van der Waals surface area contributed by atoms with Crippen LogP contribution in [0.3, 0.4) is 0 Å². The minimum absolute atomic E-state index is 0.0886. The first-order valence-electron chi connectivity index (χ1n) is 4.49. The summed E-state index contributed by atoms with van der Waals surface area (Å²) in [7, 11) is 0. The molecule has 0 spiro atoms. The fourth-order valence-electron chi connectivity index (χ4n) is 1.22. The summed E-state index contributed by atoms with van der Waals surface area (Å²) in [6, 6.07) is 6.83. The third-order valence-corrected chi connectivity index (χ3v) is 1.98. The minimum atomic E-state index is -1.12. The number of rotatable bonds is 2. The van der Waals surface area contributed by atoms with Crippen molar-refractivity contribution in [2.75, 3.05) is 0 Å². The van der Waals surface area contributed by atoms with E-state index in [1.807, 2.05) is 0 Å². The maximum Gasteiger partial charge on any atom is 0.354 e. The Hall–Kier alpha value is -2.30. The van der Waals surface area contributed by atoms with Crippen LogP contribution in [-0.4, -0.2) is 21.0 Å². The summed E-state index contributed by atoms with van der Waals surface area (Å²) < 4.78 is 12.7. The van der Waals surface area contributed by atoms with E-state index in [0.717, 1.165) is 0 Å². The number of aromatic carboxylic acids is 1. The Balaban J connectivity index is 2.44. The average molecular weight is 218 g/mol. The Morgan fingerprint density at radius 1 is 1.19 bits per heavy atom. The van der Waals surface area contributed by atoms with Crippen LogP contribution in [-0.2, 0) is 0 Å². The molecule has 1 aromatic heterocycles. The first-order chi connectivity index (χ1) is 7.66. The Labute approximate surface area is 90.4 Å². The van der Waals surface area contributed by atoms with Crippen LogP contribution in [0.5, 0.6) is 0 Å². The minimum Gasteiger partial charge on any atom is -0.477 e. The summed E-state index contributed by atoms with van der Waals surface area (Å²) in [6.07, 6.45) is 1.36. The number of aromatic nitrogens is 2. The van der Waals surface area contributed by atoms with Gasteiger partial charge in [0.1, 0.15) is 5.82 Å². The largest absolute Gasteiger partial charge is 0.477 e. The predicted molar refractivity (Wildman–Crippen MR) is 54.4 cm³/mol. The fraction of sp³-hybridized carbons (Fsp3) is 0. The highest BCUT2D eigenvalue weighted by Gasteiger charge is 2.07. The lowest BCUT2D eigenvalue weighted by Gasteiger charge is -2.00. The second kappa shape index (κ2) is 4.06. The standard InChI is InChI=1S/C11H7FN2O2/c12-8-3-1-7(2-4-8)10-13-6-5-9(14-10)11(15)16/h1-6H,(H,15,16). The van der Waals surface area contributed by atoms with Gasteiger partial charge < -0.3 is 5.11 Å². The van der Waals surface area contributed by atoms with Crippen molar-refractivity contribution in [1.82, 2.24) is 9.97 Å². The second-order valence-corrected chi connectivity index (χ2v) is 3.08. The zero-order valence-corrected chi connectivity index (χ0v) is 8.09. The quantitative estimate of drug-likeness (QED) is 0.837. The summed E-state index contributed by atoms with van der Waals surface area (Å²) in [6.45, 7) is 0. The molecule has 16 heavy (non-hydrogen) atoms. The van der Waals surface area contributed by atoms with E-state index < -0.39 is 5.97 Å². The fourth-order valence-corrected chi connectivity index (χ4v) is 1.22. The van der Waals surface area contributed by atoms with Crippen LogP contribution in [0.2, 0.25) is 0 Å². The zero-order chi connectivity index (χ0) is 11.5. The number of carboxylic acid groups (broad SMARTS) is 1. The predicted octanol–water partition coefficient (Wildman–Crippen LogP) is 1.98. The molecule has 1 heterocycles. The molecule has 5 heteroatoms. The van der Waals surface area contributed by atoms with E-state index in [9.17, 15) is 9.18 Å². The van der Waals surface area contributed by atoms with Crippen molar-refractivity contribution in [1.29, 1.82) is 0 Å². The Bertz CT molecular complexity index is 526. The number of carboxylic acids is 1. The molecule has 80 valence electrons. The smallest absolute Gasteiger partial charge is 0.354 e. The highest BCUT2D eigenvalue weighted by atomic mass is 19.1. The number of hydrogen-bond acceptors (Lipinski definition) is 3. The molecule has 0 saturated carbocycles. The molecule has 0 aliphatic carbocycles. The van der Waals surface area contributed by atoms with E-state index in [1.54, 1.807) is 0 Å². The second-order valence-electron chi connectivity index (χ2n) is 3.08. The molecule has 0 radical (unpaired) electrons. The summed E-state index contributed by atoms with van der Waals surface area (Å²) in [5.41, 5.74) is 0.485. The van der Waals surface area contributed by atoms with Gasteiger partial charge in [-0.1, -0.05) is 0 Å². The van der Waals surface area contributed by atoms with Crippen LogP contribution in [0, 0.1) is 5.82 Å². The van der Waals surface area contributed by atoms with Gasteiger partial charge in [-0.2, -0.15) is 0 Å². The molecule has 0 saturated heterocycles. The van der Waals surface area contributed by atoms with Crippen LogP contribution in [0.1, 0.15) is 10.5 Å². The van der Waals surface area contributed by atoms with Crippen LogP contribution in [0.15, 0.2) is 36.5 Å². The van der Waals surface area contributed by atoms with Crippen molar-refractivity contribution in [3.05, 3.63) is 48.0 Å². The summed E-state index contributed by atoms with van der Waals surface area (Å²) in [4.78, 5) is 18.5. The van der Waals surface area contributed by atoms with E-state index in [4.69, 9.17) is 5.11 Å². The highest BCUT2D eigenvalue weighted by Crippen LogP contribution is 2.14. The first-order valence-corrected chi connectivity index (χ1v) is 4.49. The van der Waals surface area contributed by atoms with Gasteiger partial charge >= 0.3 is 5.97 Å². The van der Waals surface area contributed by atoms with Crippen LogP contribution < -0.4 is 0 Å². The first kappa shape index (κ1) is 10.2. The van der Waals surface area contributed by atoms with Crippen molar-refractivity contribution in [3.63, 3.8) is 0 Å². The molecular weight excluding hydrogens is 211 g/mol. The summed E-state index contributed by atoms with van der Waals surface area (Å²) >= 11 is 0. The van der Waals surface area contributed by atoms with Gasteiger partial charge in [0.05, 0.1) is 0 Å². The van der Waals surface area contributed by atoms with Gasteiger partial charge in [-0.05, 0) is 30.3 Å². The topological polar surface area (TPSA) is 63.1 Å².